The summed E-state index contributed by atoms with van der Waals surface area (Å²) in [7, 11) is 8.27. The molecule has 4 fully saturated rings. The van der Waals surface area contributed by atoms with Gasteiger partial charge in [0.1, 0.15) is 0 Å². The highest BCUT2D eigenvalue weighted by molar-refractivity contribution is 4.90. The third-order valence-corrected chi connectivity index (χ3v) is 9.59. The first-order valence-corrected chi connectivity index (χ1v) is 19.3. The van der Waals surface area contributed by atoms with Crippen LogP contribution < -0.4 is 0 Å². The van der Waals surface area contributed by atoms with Crippen molar-refractivity contribution in [3.8, 4) is 0 Å². The first-order chi connectivity index (χ1) is 20.0. The van der Waals surface area contributed by atoms with Gasteiger partial charge in [-0.1, -0.05) is 148 Å². The van der Waals surface area contributed by atoms with Gasteiger partial charge in [-0.15, -0.1) is 0 Å². The van der Waals surface area contributed by atoms with E-state index in [0.717, 1.165) is 35.5 Å². The topological polar surface area (TPSA) is 6.48 Å². The lowest BCUT2D eigenvalue weighted by Gasteiger charge is -2.47. The number of nitrogens with zero attached hydrogens (tertiary/aromatic N) is 2. The highest BCUT2D eigenvalue weighted by Gasteiger charge is 2.40. The third-order valence-electron chi connectivity index (χ3n) is 9.59. The maximum absolute atomic E-state index is 2.53. The van der Waals surface area contributed by atoms with E-state index in [0.29, 0.717) is 5.41 Å². The van der Waals surface area contributed by atoms with E-state index in [1.807, 2.05) is 81.4 Å². The maximum Gasteiger partial charge on any atom is 0.000926 e. The Kier molecular flexibility index (Phi) is 37.6. The first kappa shape index (κ1) is 48.8. The van der Waals surface area contributed by atoms with E-state index in [2.05, 4.69) is 53.5 Å². The Labute approximate surface area is 272 Å². The van der Waals surface area contributed by atoms with Crippen molar-refractivity contribution >= 4 is 0 Å². The lowest BCUT2D eigenvalue weighted by molar-refractivity contribution is 0.0383. The lowest BCUT2D eigenvalue weighted by Crippen LogP contribution is -2.39. The van der Waals surface area contributed by atoms with Crippen molar-refractivity contribution in [1.82, 2.24) is 9.80 Å². The van der Waals surface area contributed by atoms with Gasteiger partial charge in [0.25, 0.3) is 0 Å². The fraction of sp³-hybridized carbons (Fsp3) is 1.00. The molecule has 0 amide bonds. The van der Waals surface area contributed by atoms with E-state index in [-0.39, 0.29) is 0 Å². The zero-order chi connectivity index (χ0) is 33.7. The maximum atomic E-state index is 2.53. The second kappa shape index (κ2) is 32.3. The number of hydrogen-bond acceptors (Lipinski definition) is 2. The van der Waals surface area contributed by atoms with E-state index in [1.165, 1.54) is 90.1 Å². The molecule has 0 radical (unpaired) electrons. The van der Waals surface area contributed by atoms with E-state index < -0.39 is 0 Å². The van der Waals surface area contributed by atoms with Gasteiger partial charge in [0, 0.05) is 6.54 Å². The molecule has 2 heteroatoms. The minimum absolute atomic E-state index is 0.665. The van der Waals surface area contributed by atoms with Gasteiger partial charge in [0.2, 0.25) is 0 Å². The summed E-state index contributed by atoms with van der Waals surface area (Å²) in [5, 5.41) is 0. The summed E-state index contributed by atoms with van der Waals surface area (Å²) in [6.07, 6.45) is 19.5. The molecule has 1 saturated heterocycles. The Morgan fingerprint density at radius 2 is 1.00 bits per heavy atom. The van der Waals surface area contributed by atoms with Crippen LogP contribution in [-0.4, -0.2) is 51.1 Å². The second-order valence-corrected chi connectivity index (χ2v) is 13.9. The number of hydrogen-bond donors (Lipinski definition) is 0. The zero-order valence-electron chi connectivity index (χ0n) is 33.5. The lowest BCUT2D eigenvalue weighted by atomic mass is 9.58. The van der Waals surface area contributed by atoms with E-state index in [9.17, 15) is 0 Å². The van der Waals surface area contributed by atoms with Crippen molar-refractivity contribution in [2.45, 2.75) is 180 Å². The molecule has 0 aromatic rings. The standard InChI is InChI=1S/C14H26.C10H19N.C5H12.C3H9N.4C2H6/c1-11(2)14(3)9-8-12-6-4-5-7-13(12)10-14;1-11-7-6-9-4-2-3-5-10(9)8-11;1-4-5(2)3;1-4(2)3;4*1-2/h11-13H,4-10H2,1-3H3;9-10H,2-8H2,1H3;5H,4H2,1-3H3;1-3H3;4*1-2H3. The molecule has 5 unspecified atom stereocenters. The van der Waals surface area contributed by atoms with Crippen LogP contribution >= 0.6 is 0 Å². The predicted octanol–water partition coefficient (Wildman–Crippen LogP) is 13.1. The molecule has 0 spiro atoms. The van der Waals surface area contributed by atoms with Gasteiger partial charge < -0.3 is 9.80 Å². The number of likely N-dealkylation sites (tertiary alicyclic amines) is 1. The molecule has 2 nitrogen and oxygen atoms in total. The van der Waals surface area contributed by atoms with E-state index in [4.69, 9.17) is 0 Å². The Balaban J connectivity index is -0.000000230. The molecular weight excluding hydrogens is 508 g/mol. The largest absolute Gasteiger partial charge is 0.312 e. The van der Waals surface area contributed by atoms with Crippen LogP contribution in [0.3, 0.4) is 0 Å². The summed E-state index contributed by atoms with van der Waals surface area (Å²) < 4.78 is 0. The zero-order valence-corrected chi connectivity index (χ0v) is 33.5. The van der Waals surface area contributed by atoms with Crippen LogP contribution in [0, 0.1) is 40.9 Å². The van der Waals surface area contributed by atoms with Crippen LogP contribution in [0.1, 0.15) is 180 Å². The van der Waals surface area contributed by atoms with Gasteiger partial charge in [-0.25, -0.2) is 0 Å². The van der Waals surface area contributed by atoms with Crippen LogP contribution in [0.4, 0.5) is 0 Å². The van der Waals surface area contributed by atoms with Gasteiger partial charge in [-0.2, -0.15) is 0 Å². The molecule has 4 rings (SSSR count). The number of piperidine rings is 1. The summed E-state index contributed by atoms with van der Waals surface area (Å²) in [4.78, 5) is 4.51. The molecule has 42 heavy (non-hydrogen) atoms. The highest BCUT2D eigenvalue weighted by Crippen LogP contribution is 2.51. The monoisotopic (exact) mass is 599 g/mol. The Morgan fingerprint density at radius 1 is 0.643 bits per heavy atom. The number of rotatable bonds is 2. The normalized spacial score (nSPS) is 27.6. The van der Waals surface area contributed by atoms with Gasteiger partial charge in [-0.3, -0.25) is 0 Å². The third kappa shape index (κ3) is 24.3. The quantitative estimate of drug-likeness (QED) is 0.312. The Bertz CT molecular complexity index is 497. The van der Waals surface area contributed by atoms with Gasteiger partial charge in [0.15, 0.2) is 0 Å². The van der Waals surface area contributed by atoms with Crippen LogP contribution in [0.25, 0.3) is 0 Å². The molecule has 3 saturated carbocycles. The van der Waals surface area contributed by atoms with Crippen LogP contribution in [-0.2, 0) is 0 Å². The fourth-order valence-corrected chi connectivity index (χ4v) is 6.46. The summed E-state index contributed by atoms with van der Waals surface area (Å²) in [5.41, 5.74) is 0.665. The molecule has 5 atom stereocenters. The summed E-state index contributed by atoms with van der Waals surface area (Å²) in [6, 6.07) is 0. The average molecular weight is 599 g/mol. The van der Waals surface area contributed by atoms with E-state index >= 15 is 0 Å². The van der Waals surface area contributed by atoms with Crippen LogP contribution in [0.15, 0.2) is 0 Å². The van der Waals surface area contributed by atoms with Crippen LogP contribution in [0.2, 0.25) is 0 Å². The highest BCUT2D eigenvalue weighted by atomic mass is 15.1. The molecular formula is C40H90N2. The van der Waals surface area contributed by atoms with Crippen molar-refractivity contribution < 1.29 is 0 Å². The number of fused-ring (bicyclic) bond motifs is 2. The summed E-state index contributed by atoms with van der Waals surface area (Å²) in [5.74, 6) is 6.11. The Hall–Kier alpha value is -0.0800. The Morgan fingerprint density at radius 3 is 1.38 bits per heavy atom. The molecule has 260 valence electrons. The molecule has 0 aromatic carbocycles. The molecule has 1 aliphatic heterocycles. The first-order valence-electron chi connectivity index (χ1n) is 19.3. The van der Waals surface area contributed by atoms with E-state index in [1.54, 1.807) is 6.42 Å². The van der Waals surface area contributed by atoms with Crippen LogP contribution in [0.5, 0.6) is 0 Å². The minimum atomic E-state index is 0.665. The van der Waals surface area contributed by atoms with Crippen molar-refractivity contribution in [2.75, 3.05) is 41.3 Å². The summed E-state index contributed by atoms with van der Waals surface area (Å²) in [6.45, 7) is 32.7. The molecule has 0 aromatic heterocycles. The SMILES string of the molecule is CC.CC.CC.CC.CC(C)C1(C)CCC2CCCCC2C1.CCC(C)C.CN(C)C.CN1CCC2CCCCC2C1. The van der Waals surface area contributed by atoms with Crippen molar-refractivity contribution in [2.24, 2.45) is 40.9 Å². The van der Waals surface area contributed by atoms with Crippen molar-refractivity contribution in [3.63, 3.8) is 0 Å². The smallest absolute Gasteiger partial charge is 0.000926 e. The van der Waals surface area contributed by atoms with Gasteiger partial charge in [0.05, 0.1) is 0 Å². The molecule has 0 N–H and O–H groups in total. The summed E-state index contributed by atoms with van der Waals surface area (Å²) >= 11 is 0. The average Bonchev–Trinajstić information content (AvgIpc) is 3.01. The minimum Gasteiger partial charge on any atom is -0.312 e. The van der Waals surface area contributed by atoms with Crippen molar-refractivity contribution in [1.29, 1.82) is 0 Å². The van der Waals surface area contributed by atoms with Crippen molar-refractivity contribution in [3.05, 3.63) is 0 Å². The molecule has 0 bridgehead atoms. The molecule has 4 aliphatic rings. The predicted molar refractivity (Wildman–Crippen MR) is 200 cm³/mol. The van der Waals surface area contributed by atoms with Gasteiger partial charge in [-0.05, 0) is 108 Å². The van der Waals surface area contributed by atoms with Gasteiger partial charge >= 0.3 is 0 Å². The fourth-order valence-electron chi connectivity index (χ4n) is 6.46. The molecule has 3 aliphatic carbocycles. The molecule has 1 heterocycles. The second-order valence-electron chi connectivity index (χ2n) is 13.9.